The van der Waals surface area contributed by atoms with Gasteiger partial charge in [-0.1, -0.05) is 18.2 Å². The van der Waals surface area contributed by atoms with Gasteiger partial charge in [0.1, 0.15) is 0 Å². The van der Waals surface area contributed by atoms with Crippen LogP contribution in [0.1, 0.15) is 45.1 Å². The first-order valence-corrected chi connectivity index (χ1v) is 9.22. The molecule has 1 aromatic rings. The van der Waals surface area contributed by atoms with Gasteiger partial charge in [0.25, 0.3) is 0 Å². The minimum absolute atomic E-state index is 0.226. The summed E-state index contributed by atoms with van der Waals surface area (Å²) in [7, 11) is 0. The lowest BCUT2D eigenvalue weighted by molar-refractivity contribution is 0.225. The fraction of sp³-hybridized carbons (Fsp3) is 0.667. The van der Waals surface area contributed by atoms with Gasteiger partial charge in [0, 0.05) is 41.2 Å². The Labute approximate surface area is 133 Å². The maximum absolute atomic E-state index is 3.69. The molecule has 2 unspecified atom stereocenters. The number of benzene rings is 1. The summed E-state index contributed by atoms with van der Waals surface area (Å²) in [5.41, 5.74) is 1.81. The first-order valence-electron chi connectivity index (χ1n) is 8.24. The summed E-state index contributed by atoms with van der Waals surface area (Å²) in [5.74, 6) is 1.98. The van der Waals surface area contributed by atoms with Gasteiger partial charge in [-0.05, 0) is 51.8 Å². The van der Waals surface area contributed by atoms with E-state index in [1.807, 2.05) is 11.8 Å². The molecule has 0 spiro atoms. The van der Waals surface area contributed by atoms with Crippen molar-refractivity contribution in [1.29, 1.82) is 0 Å². The molecule has 2 nitrogen and oxygen atoms in total. The minimum Gasteiger partial charge on any atom is -0.311 e. The van der Waals surface area contributed by atoms with Gasteiger partial charge >= 0.3 is 0 Å². The molecule has 1 N–H and O–H groups in total. The average molecular weight is 305 g/mol. The molecule has 1 saturated heterocycles. The lowest BCUT2D eigenvalue weighted by atomic mass is 10.0. The van der Waals surface area contributed by atoms with E-state index in [2.05, 4.69) is 55.3 Å². The number of fused-ring (bicyclic) bond motifs is 1. The van der Waals surface area contributed by atoms with Gasteiger partial charge < -0.3 is 5.32 Å². The van der Waals surface area contributed by atoms with Crippen molar-refractivity contribution in [2.24, 2.45) is 0 Å². The van der Waals surface area contributed by atoms with Crippen molar-refractivity contribution in [1.82, 2.24) is 10.2 Å². The molecule has 2 atom stereocenters. The number of thioether (sulfide) groups is 1. The molecule has 0 aromatic heterocycles. The molecule has 0 aliphatic carbocycles. The normalized spacial score (nSPS) is 26.2. The van der Waals surface area contributed by atoms with E-state index in [4.69, 9.17) is 0 Å². The first kappa shape index (κ1) is 15.4. The van der Waals surface area contributed by atoms with Crippen LogP contribution in [-0.2, 0) is 0 Å². The van der Waals surface area contributed by atoms with E-state index < -0.39 is 0 Å². The standard InChI is InChI=1S/C18H28N2S/c1-18(2,3)19-11-15-7-6-10-20(15)12-14-13-21-17-9-5-4-8-16(14)17/h4-5,8-9,14-15,19H,6-7,10-13H2,1-3H3. The quantitative estimate of drug-likeness (QED) is 0.912. The average Bonchev–Trinajstić information content (AvgIpc) is 3.04. The molecule has 2 aliphatic rings. The van der Waals surface area contributed by atoms with Crippen molar-refractivity contribution in [3.63, 3.8) is 0 Å². The Balaban J connectivity index is 1.60. The van der Waals surface area contributed by atoms with Crippen LogP contribution in [0.25, 0.3) is 0 Å². The predicted octanol–water partition coefficient (Wildman–Crippen LogP) is 3.73. The highest BCUT2D eigenvalue weighted by Gasteiger charge is 2.30. The van der Waals surface area contributed by atoms with Gasteiger partial charge in [-0.25, -0.2) is 0 Å². The Morgan fingerprint density at radius 3 is 2.90 bits per heavy atom. The van der Waals surface area contributed by atoms with E-state index >= 15 is 0 Å². The Morgan fingerprint density at radius 1 is 1.29 bits per heavy atom. The van der Waals surface area contributed by atoms with Crippen molar-refractivity contribution in [3.8, 4) is 0 Å². The molecule has 2 aliphatic heterocycles. The topological polar surface area (TPSA) is 15.3 Å². The second kappa shape index (κ2) is 6.31. The number of hydrogen-bond acceptors (Lipinski definition) is 3. The number of nitrogens with one attached hydrogen (secondary N) is 1. The Kier molecular flexibility index (Phi) is 4.63. The molecule has 2 heterocycles. The highest BCUT2D eigenvalue weighted by molar-refractivity contribution is 7.99. The lowest BCUT2D eigenvalue weighted by Gasteiger charge is -2.30. The van der Waals surface area contributed by atoms with Crippen LogP contribution in [-0.4, -0.2) is 41.9 Å². The van der Waals surface area contributed by atoms with Crippen molar-refractivity contribution in [2.75, 3.05) is 25.4 Å². The largest absolute Gasteiger partial charge is 0.311 e. The van der Waals surface area contributed by atoms with Crippen LogP contribution in [0.2, 0.25) is 0 Å². The third-order valence-corrected chi connectivity index (χ3v) is 5.87. The predicted molar refractivity (Wildman–Crippen MR) is 92.3 cm³/mol. The highest BCUT2D eigenvalue weighted by atomic mass is 32.2. The second-order valence-corrected chi connectivity index (χ2v) is 8.53. The van der Waals surface area contributed by atoms with Crippen LogP contribution >= 0.6 is 11.8 Å². The summed E-state index contributed by atoms with van der Waals surface area (Å²) in [6.45, 7) is 10.4. The van der Waals surface area contributed by atoms with Crippen LogP contribution in [0.3, 0.4) is 0 Å². The van der Waals surface area contributed by atoms with Gasteiger partial charge in [0.05, 0.1) is 0 Å². The van der Waals surface area contributed by atoms with Crippen LogP contribution < -0.4 is 5.32 Å². The van der Waals surface area contributed by atoms with E-state index in [-0.39, 0.29) is 5.54 Å². The van der Waals surface area contributed by atoms with Gasteiger partial charge in [0.2, 0.25) is 0 Å². The monoisotopic (exact) mass is 304 g/mol. The SMILES string of the molecule is CC(C)(C)NCC1CCCN1CC1CSc2ccccc21. The van der Waals surface area contributed by atoms with Crippen molar-refractivity contribution in [2.45, 2.75) is 56.0 Å². The van der Waals surface area contributed by atoms with E-state index in [0.29, 0.717) is 0 Å². The molecule has 0 bridgehead atoms. The Morgan fingerprint density at radius 2 is 2.10 bits per heavy atom. The fourth-order valence-electron chi connectivity index (χ4n) is 3.45. The molecule has 116 valence electrons. The number of rotatable bonds is 4. The molecular weight excluding hydrogens is 276 g/mol. The Bertz CT molecular complexity index is 480. The zero-order valence-electron chi connectivity index (χ0n) is 13.6. The van der Waals surface area contributed by atoms with Crippen molar-refractivity contribution in [3.05, 3.63) is 29.8 Å². The third kappa shape index (κ3) is 3.82. The van der Waals surface area contributed by atoms with E-state index in [9.17, 15) is 0 Å². The van der Waals surface area contributed by atoms with E-state index in [0.717, 1.165) is 18.5 Å². The first-order chi connectivity index (χ1) is 10.0. The molecular formula is C18H28N2S. The van der Waals surface area contributed by atoms with Gasteiger partial charge in [-0.2, -0.15) is 0 Å². The lowest BCUT2D eigenvalue weighted by Crippen LogP contribution is -2.46. The number of nitrogens with zero attached hydrogens (tertiary/aromatic N) is 1. The molecule has 3 rings (SSSR count). The van der Waals surface area contributed by atoms with Crippen LogP contribution in [0.5, 0.6) is 0 Å². The molecule has 3 heteroatoms. The summed E-state index contributed by atoms with van der Waals surface area (Å²) in [6.07, 6.45) is 2.71. The van der Waals surface area contributed by atoms with Crippen molar-refractivity contribution < 1.29 is 0 Å². The highest BCUT2D eigenvalue weighted by Crippen LogP contribution is 2.40. The van der Waals surface area contributed by atoms with Crippen LogP contribution in [0, 0.1) is 0 Å². The number of likely N-dealkylation sites (tertiary alicyclic amines) is 1. The second-order valence-electron chi connectivity index (χ2n) is 7.47. The molecule has 1 fully saturated rings. The van der Waals surface area contributed by atoms with Gasteiger partial charge in [-0.3, -0.25) is 4.90 Å². The molecule has 0 saturated carbocycles. The third-order valence-electron chi connectivity index (χ3n) is 4.62. The minimum atomic E-state index is 0.226. The smallest absolute Gasteiger partial charge is 0.0221 e. The molecule has 1 aromatic carbocycles. The zero-order chi connectivity index (χ0) is 14.9. The van der Waals surface area contributed by atoms with Crippen LogP contribution in [0.15, 0.2) is 29.2 Å². The molecule has 21 heavy (non-hydrogen) atoms. The summed E-state index contributed by atoms with van der Waals surface area (Å²) in [5, 5.41) is 3.69. The van der Waals surface area contributed by atoms with E-state index in [1.54, 1.807) is 5.56 Å². The summed E-state index contributed by atoms with van der Waals surface area (Å²) in [6, 6.07) is 9.70. The van der Waals surface area contributed by atoms with Crippen molar-refractivity contribution >= 4 is 11.8 Å². The van der Waals surface area contributed by atoms with E-state index in [1.165, 1.54) is 36.6 Å². The maximum Gasteiger partial charge on any atom is 0.0221 e. The summed E-state index contributed by atoms with van der Waals surface area (Å²) in [4.78, 5) is 4.23. The maximum atomic E-state index is 3.69. The Hall–Kier alpha value is -0.510. The molecule has 0 amide bonds. The number of hydrogen-bond donors (Lipinski definition) is 1. The summed E-state index contributed by atoms with van der Waals surface area (Å²) < 4.78 is 0. The van der Waals surface area contributed by atoms with Gasteiger partial charge in [-0.15, -0.1) is 11.8 Å². The zero-order valence-corrected chi connectivity index (χ0v) is 14.4. The van der Waals surface area contributed by atoms with Crippen LogP contribution in [0.4, 0.5) is 0 Å². The summed E-state index contributed by atoms with van der Waals surface area (Å²) >= 11 is 2.04. The fourth-order valence-corrected chi connectivity index (χ4v) is 4.70. The van der Waals surface area contributed by atoms with Gasteiger partial charge in [0.15, 0.2) is 0 Å². The molecule has 0 radical (unpaired) electrons.